The molecule has 8 heteroatoms. The molecule has 0 radical (unpaired) electrons. The second kappa shape index (κ2) is 7.39. The SMILES string of the molecule is COCc1cccc(S(=O)(=O)N2CCN(C(=O)C(C)O)CC2)c1. The highest BCUT2D eigenvalue weighted by Crippen LogP contribution is 2.19. The van der Waals surface area contributed by atoms with Crippen LogP contribution in [0.3, 0.4) is 0 Å². The first-order chi connectivity index (χ1) is 10.9. The van der Waals surface area contributed by atoms with Gasteiger partial charge in [0.15, 0.2) is 0 Å². The van der Waals surface area contributed by atoms with Crippen molar-refractivity contribution in [3.8, 4) is 0 Å². The molecule has 1 aromatic carbocycles. The molecule has 0 spiro atoms. The van der Waals surface area contributed by atoms with Crippen LogP contribution in [0.1, 0.15) is 12.5 Å². The fraction of sp³-hybridized carbons (Fsp3) is 0.533. The standard InChI is InChI=1S/C15H22N2O5S/c1-12(18)15(19)16-6-8-17(9-7-16)23(20,21)14-5-3-4-13(10-14)11-22-2/h3-5,10,12,18H,6-9,11H2,1-2H3. The third-order valence-electron chi connectivity index (χ3n) is 3.75. The Bertz CT molecular complexity index is 652. The predicted molar refractivity (Wildman–Crippen MR) is 84.2 cm³/mol. The van der Waals surface area contributed by atoms with Crippen LogP contribution < -0.4 is 0 Å². The van der Waals surface area contributed by atoms with E-state index in [1.807, 2.05) is 6.07 Å². The lowest BCUT2D eigenvalue weighted by molar-refractivity contribution is -0.140. The first-order valence-corrected chi connectivity index (χ1v) is 8.85. The van der Waals surface area contributed by atoms with Crippen molar-refractivity contribution >= 4 is 15.9 Å². The number of hydrogen-bond donors (Lipinski definition) is 1. The summed E-state index contributed by atoms with van der Waals surface area (Å²) in [6.45, 7) is 2.75. The monoisotopic (exact) mass is 342 g/mol. The maximum absolute atomic E-state index is 12.7. The Hall–Kier alpha value is -1.48. The molecule has 1 heterocycles. The molecular weight excluding hydrogens is 320 g/mol. The Morgan fingerprint density at radius 2 is 1.96 bits per heavy atom. The summed E-state index contributed by atoms with van der Waals surface area (Å²) in [5.41, 5.74) is 0.788. The third kappa shape index (κ3) is 4.08. The minimum absolute atomic E-state index is 0.218. The number of nitrogens with zero attached hydrogens (tertiary/aromatic N) is 2. The van der Waals surface area contributed by atoms with E-state index in [0.29, 0.717) is 6.61 Å². The maximum Gasteiger partial charge on any atom is 0.251 e. The number of carbonyl (C=O) groups is 1. The molecule has 0 aromatic heterocycles. The van der Waals surface area contributed by atoms with Crippen LogP contribution in [0, 0.1) is 0 Å². The Labute approximate surface area is 136 Å². The van der Waals surface area contributed by atoms with Crippen LogP contribution in [-0.2, 0) is 26.2 Å². The molecule has 1 N–H and O–H groups in total. The van der Waals surface area contributed by atoms with E-state index in [1.54, 1.807) is 25.3 Å². The smallest absolute Gasteiger partial charge is 0.251 e. The predicted octanol–water partition coefficient (Wildman–Crippen LogP) is 0.0467. The van der Waals surface area contributed by atoms with Crippen LogP contribution in [-0.4, -0.2) is 68.0 Å². The van der Waals surface area contributed by atoms with Crippen LogP contribution in [0.2, 0.25) is 0 Å². The van der Waals surface area contributed by atoms with E-state index in [9.17, 15) is 18.3 Å². The quantitative estimate of drug-likeness (QED) is 0.817. The zero-order valence-electron chi connectivity index (χ0n) is 13.3. The van der Waals surface area contributed by atoms with Gasteiger partial charge in [-0.2, -0.15) is 4.31 Å². The molecule has 0 aliphatic carbocycles. The highest BCUT2D eigenvalue weighted by molar-refractivity contribution is 7.89. The number of aliphatic hydroxyl groups excluding tert-OH is 1. The molecular formula is C15H22N2O5S. The maximum atomic E-state index is 12.7. The Kier molecular flexibility index (Phi) is 5.74. The molecule has 1 fully saturated rings. The first kappa shape index (κ1) is 17.9. The second-order valence-electron chi connectivity index (χ2n) is 5.49. The van der Waals surface area contributed by atoms with Crippen molar-refractivity contribution in [2.45, 2.75) is 24.5 Å². The van der Waals surface area contributed by atoms with Crippen molar-refractivity contribution in [1.82, 2.24) is 9.21 Å². The van der Waals surface area contributed by atoms with Crippen molar-refractivity contribution in [3.05, 3.63) is 29.8 Å². The molecule has 7 nitrogen and oxygen atoms in total. The summed E-state index contributed by atoms with van der Waals surface area (Å²) < 4.78 is 31.8. The van der Waals surface area contributed by atoms with Crippen molar-refractivity contribution in [2.75, 3.05) is 33.3 Å². The fourth-order valence-electron chi connectivity index (χ4n) is 2.52. The number of hydrogen-bond acceptors (Lipinski definition) is 5. The molecule has 2 rings (SSSR count). The van der Waals surface area contributed by atoms with Crippen LogP contribution in [0.4, 0.5) is 0 Å². The minimum Gasteiger partial charge on any atom is -0.384 e. The topological polar surface area (TPSA) is 87.2 Å². The summed E-state index contributed by atoms with van der Waals surface area (Å²) in [5, 5.41) is 9.32. The number of carbonyl (C=O) groups excluding carboxylic acids is 1. The van der Waals surface area contributed by atoms with Gasteiger partial charge in [0.1, 0.15) is 6.10 Å². The summed E-state index contributed by atoms with van der Waals surface area (Å²) in [6, 6.07) is 6.66. The van der Waals surface area contributed by atoms with Gasteiger partial charge in [-0.3, -0.25) is 4.79 Å². The van der Waals surface area contributed by atoms with Crippen LogP contribution in [0.5, 0.6) is 0 Å². The summed E-state index contributed by atoms with van der Waals surface area (Å²) in [6.07, 6.45) is -1.07. The number of methoxy groups -OCH3 is 1. The lowest BCUT2D eigenvalue weighted by atomic mass is 10.2. The summed E-state index contributed by atoms with van der Waals surface area (Å²) in [7, 11) is -2.04. The molecule has 1 aliphatic heterocycles. The van der Waals surface area contributed by atoms with Crippen molar-refractivity contribution in [3.63, 3.8) is 0 Å². The molecule has 23 heavy (non-hydrogen) atoms. The Morgan fingerprint density at radius 3 is 2.52 bits per heavy atom. The number of piperazine rings is 1. The molecule has 1 aromatic rings. The molecule has 1 atom stereocenters. The zero-order chi connectivity index (χ0) is 17.0. The average Bonchev–Trinajstić information content (AvgIpc) is 2.55. The molecule has 128 valence electrons. The number of sulfonamides is 1. The van der Waals surface area contributed by atoms with E-state index in [-0.39, 0.29) is 37.0 Å². The van der Waals surface area contributed by atoms with Gasteiger partial charge in [0, 0.05) is 33.3 Å². The van der Waals surface area contributed by atoms with Gasteiger partial charge in [-0.15, -0.1) is 0 Å². The highest BCUT2D eigenvalue weighted by atomic mass is 32.2. The third-order valence-corrected chi connectivity index (χ3v) is 5.65. The van der Waals surface area contributed by atoms with Crippen molar-refractivity contribution in [1.29, 1.82) is 0 Å². The number of aliphatic hydroxyl groups is 1. The lowest BCUT2D eigenvalue weighted by Crippen LogP contribution is -2.52. The van der Waals surface area contributed by atoms with Gasteiger partial charge < -0.3 is 14.7 Å². The van der Waals surface area contributed by atoms with Crippen LogP contribution in [0.25, 0.3) is 0 Å². The van der Waals surface area contributed by atoms with Crippen molar-refractivity contribution in [2.24, 2.45) is 0 Å². The average molecular weight is 342 g/mol. The van der Waals surface area contributed by atoms with Gasteiger partial charge in [0.25, 0.3) is 5.91 Å². The van der Waals surface area contributed by atoms with Crippen molar-refractivity contribution < 1.29 is 23.1 Å². The Morgan fingerprint density at radius 1 is 1.30 bits per heavy atom. The van der Waals surface area contributed by atoms with E-state index in [0.717, 1.165) is 5.56 Å². The summed E-state index contributed by atoms with van der Waals surface area (Å²) >= 11 is 0. The zero-order valence-corrected chi connectivity index (χ0v) is 14.1. The van der Waals surface area contributed by atoms with Gasteiger partial charge >= 0.3 is 0 Å². The van der Waals surface area contributed by atoms with E-state index in [4.69, 9.17) is 4.74 Å². The number of rotatable bonds is 5. The normalized spacial score (nSPS) is 18.0. The number of ether oxygens (including phenoxy) is 1. The number of benzene rings is 1. The van der Waals surface area contributed by atoms with E-state index in [1.165, 1.54) is 16.1 Å². The summed E-state index contributed by atoms with van der Waals surface area (Å²) in [5.74, 6) is -0.371. The van der Waals surface area contributed by atoms with E-state index >= 15 is 0 Å². The Balaban J connectivity index is 2.10. The minimum atomic E-state index is -3.59. The van der Waals surface area contributed by atoms with Gasteiger partial charge in [0.05, 0.1) is 11.5 Å². The van der Waals surface area contributed by atoms with Gasteiger partial charge in [0.2, 0.25) is 10.0 Å². The molecule has 1 saturated heterocycles. The fourth-order valence-corrected chi connectivity index (χ4v) is 4.02. The van der Waals surface area contributed by atoms with Crippen LogP contribution in [0.15, 0.2) is 29.2 Å². The highest BCUT2D eigenvalue weighted by Gasteiger charge is 2.31. The van der Waals surface area contributed by atoms with Crippen LogP contribution >= 0.6 is 0 Å². The molecule has 0 bridgehead atoms. The molecule has 1 aliphatic rings. The summed E-state index contributed by atoms with van der Waals surface area (Å²) in [4.78, 5) is 13.4. The molecule has 1 unspecified atom stereocenters. The largest absolute Gasteiger partial charge is 0.384 e. The van der Waals surface area contributed by atoms with Gasteiger partial charge in [-0.05, 0) is 24.6 Å². The molecule has 1 amide bonds. The van der Waals surface area contributed by atoms with E-state index < -0.39 is 16.1 Å². The van der Waals surface area contributed by atoms with E-state index in [2.05, 4.69) is 0 Å². The second-order valence-corrected chi connectivity index (χ2v) is 7.42. The first-order valence-electron chi connectivity index (χ1n) is 7.41. The number of amides is 1. The lowest BCUT2D eigenvalue weighted by Gasteiger charge is -2.34. The van der Waals surface area contributed by atoms with Gasteiger partial charge in [-0.1, -0.05) is 12.1 Å². The van der Waals surface area contributed by atoms with Gasteiger partial charge in [-0.25, -0.2) is 8.42 Å². The molecule has 0 saturated carbocycles.